The first-order valence-corrected chi connectivity index (χ1v) is 2.59. The molecule has 0 atom stereocenters. The Labute approximate surface area is 48.7 Å². The van der Waals surface area contributed by atoms with Gasteiger partial charge in [0.25, 0.3) is 0 Å². The zero-order valence-corrected chi connectivity index (χ0v) is 5.37. The Morgan fingerprint density at radius 1 is 1.12 bits per heavy atom. The van der Waals surface area contributed by atoms with E-state index >= 15 is 0 Å². The fourth-order valence-electron chi connectivity index (χ4n) is 0.517. The molecule has 4 nitrogen and oxygen atoms in total. The third kappa shape index (κ3) is 0.616. The highest BCUT2D eigenvalue weighted by Crippen LogP contribution is 2.09. The van der Waals surface area contributed by atoms with Crippen LogP contribution in [0.4, 0.5) is 0 Å². The van der Waals surface area contributed by atoms with E-state index in [2.05, 4.69) is 10.4 Å². The van der Waals surface area contributed by atoms with Gasteiger partial charge in [-0.05, 0) is 6.92 Å². The van der Waals surface area contributed by atoms with E-state index in [1.54, 1.807) is 10.0 Å². The zero-order valence-electron chi connectivity index (χ0n) is 5.37. The van der Waals surface area contributed by atoms with Gasteiger partial charge in [0.05, 0.1) is 0 Å². The van der Waals surface area contributed by atoms with Crippen LogP contribution in [-0.4, -0.2) is 30.3 Å². The molecule has 8 heavy (non-hydrogen) atoms. The van der Waals surface area contributed by atoms with Crippen LogP contribution in [0.1, 0.15) is 6.92 Å². The van der Waals surface area contributed by atoms with Gasteiger partial charge in [0.1, 0.15) is 6.17 Å². The second-order valence-electron chi connectivity index (χ2n) is 1.96. The van der Waals surface area contributed by atoms with Crippen molar-refractivity contribution in [3.63, 3.8) is 0 Å². The van der Waals surface area contributed by atoms with Gasteiger partial charge in [-0.3, -0.25) is 10.0 Å². The molecule has 4 heteroatoms. The van der Waals surface area contributed by atoms with Crippen LogP contribution >= 0.6 is 0 Å². The van der Waals surface area contributed by atoms with Gasteiger partial charge in [0.2, 0.25) is 0 Å². The van der Waals surface area contributed by atoms with Gasteiger partial charge in [0.15, 0.2) is 0 Å². The minimum Gasteiger partial charge on any atom is -0.256 e. The second kappa shape index (κ2) is 1.61. The molecule has 0 spiro atoms. The minimum atomic E-state index is 0.315. The first-order valence-electron chi connectivity index (χ1n) is 2.59. The summed E-state index contributed by atoms with van der Waals surface area (Å²) < 4.78 is 0. The largest absolute Gasteiger partial charge is 0.256 e. The number of hydrogen-bond acceptors (Lipinski definition) is 4. The third-order valence-electron chi connectivity index (χ3n) is 1.40. The van der Waals surface area contributed by atoms with E-state index in [4.69, 9.17) is 0 Å². The molecule has 1 heterocycles. The SMILES string of the molecule is CC1N(C)N=NN1C. The van der Waals surface area contributed by atoms with E-state index in [-0.39, 0.29) is 0 Å². The van der Waals surface area contributed by atoms with Crippen molar-refractivity contribution < 1.29 is 0 Å². The van der Waals surface area contributed by atoms with E-state index < -0.39 is 0 Å². The average Bonchev–Trinajstić information content (AvgIpc) is 1.98. The fourth-order valence-corrected chi connectivity index (χ4v) is 0.517. The number of hydrogen-bond donors (Lipinski definition) is 0. The van der Waals surface area contributed by atoms with Crippen LogP contribution in [-0.2, 0) is 0 Å². The van der Waals surface area contributed by atoms with Crippen molar-refractivity contribution in [1.29, 1.82) is 0 Å². The predicted molar refractivity (Wildman–Crippen MR) is 29.8 cm³/mol. The summed E-state index contributed by atoms with van der Waals surface area (Å²) in [6.07, 6.45) is 0.315. The van der Waals surface area contributed by atoms with Gasteiger partial charge in [-0.2, -0.15) is 0 Å². The first-order chi connectivity index (χ1) is 3.72. The van der Waals surface area contributed by atoms with Crippen LogP contribution in [0.2, 0.25) is 0 Å². The number of nitrogens with zero attached hydrogens (tertiary/aromatic N) is 4. The third-order valence-corrected chi connectivity index (χ3v) is 1.40. The molecular formula is C4H10N4. The van der Waals surface area contributed by atoms with Crippen molar-refractivity contribution in [2.45, 2.75) is 13.1 Å². The first kappa shape index (κ1) is 5.34. The zero-order chi connectivity index (χ0) is 6.15. The highest BCUT2D eigenvalue weighted by Gasteiger charge is 2.16. The van der Waals surface area contributed by atoms with Crippen molar-refractivity contribution in [2.24, 2.45) is 10.4 Å². The van der Waals surface area contributed by atoms with Crippen LogP contribution in [0.5, 0.6) is 0 Å². The molecule has 46 valence electrons. The molecule has 0 aliphatic carbocycles. The van der Waals surface area contributed by atoms with Gasteiger partial charge in [0, 0.05) is 14.1 Å². The van der Waals surface area contributed by atoms with Crippen molar-refractivity contribution in [1.82, 2.24) is 10.0 Å². The van der Waals surface area contributed by atoms with E-state index in [0.29, 0.717) is 6.17 Å². The molecule has 0 unspecified atom stereocenters. The summed E-state index contributed by atoms with van der Waals surface area (Å²) in [5.74, 6) is 0. The van der Waals surface area contributed by atoms with E-state index in [1.165, 1.54) is 0 Å². The van der Waals surface area contributed by atoms with Crippen LogP contribution < -0.4 is 0 Å². The summed E-state index contributed by atoms with van der Waals surface area (Å²) in [7, 11) is 3.80. The molecule has 0 aromatic rings. The summed E-state index contributed by atoms with van der Waals surface area (Å²) in [6, 6.07) is 0. The van der Waals surface area contributed by atoms with E-state index in [0.717, 1.165) is 0 Å². The van der Waals surface area contributed by atoms with Gasteiger partial charge < -0.3 is 0 Å². The van der Waals surface area contributed by atoms with Crippen LogP contribution in [0.15, 0.2) is 10.4 Å². The Morgan fingerprint density at radius 3 is 1.62 bits per heavy atom. The molecule has 0 N–H and O–H groups in total. The maximum atomic E-state index is 3.78. The van der Waals surface area contributed by atoms with Crippen LogP contribution in [0.3, 0.4) is 0 Å². The highest BCUT2D eigenvalue weighted by molar-refractivity contribution is 4.57. The summed E-state index contributed by atoms with van der Waals surface area (Å²) in [5.41, 5.74) is 0. The Morgan fingerprint density at radius 2 is 1.50 bits per heavy atom. The maximum absolute atomic E-state index is 3.78. The smallest absolute Gasteiger partial charge is 0.134 e. The fraction of sp³-hybridized carbons (Fsp3) is 1.00. The summed E-state index contributed by atoms with van der Waals surface area (Å²) in [4.78, 5) is 0. The van der Waals surface area contributed by atoms with Crippen molar-refractivity contribution in [3.05, 3.63) is 0 Å². The standard InChI is InChI=1S/C4H10N4/c1-4-7(2)5-6-8(4)3/h4H,1-3H3. The number of rotatable bonds is 0. The molecule has 1 aliphatic rings. The average molecular weight is 114 g/mol. The van der Waals surface area contributed by atoms with E-state index in [9.17, 15) is 0 Å². The normalized spacial score (nSPS) is 20.9. The van der Waals surface area contributed by atoms with E-state index in [1.807, 2.05) is 21.0 Å². The monoisotopic (exact) mass is 114 g/mol. The molecular weight excluding hydrogens is 104 g/mol. The Hall–Kier alpha value is -0.800. The van der Waals surface area contributed by atoms with Gasteiger partial charge in [-0.1, -0.05) is 10.4 Å². The molecule has 0 aromatic heterocycles. The Kier molecular flexibility index (Phi) is 1.08. The van der Waals surface area contributed by atoms with Gasteiger partial charge in [-0.15, -0.1) is 0 Å². The second-order valence-corrected chi connectivity index (χ2v) is 1.96. The molecule has 0 saturated carbocycles. The highest BCUT2D eigenvalue weighted by atomic mass is 15.8. The topological polar surface area (TPSA) is 31.2 Å². The van der Waals surface area contributed by atoms with Crippen molar-refractivity contribution in [2.75, 3.05) is 14.1 Å². The van der Waals surface area contributed by atoms with Crippen LogP contribution in [0, 0.1) is 0 Å². The lowest BCUT2D eigenvalue weighted by atomic mass is 10.5. The van der Waals surface area contributed by atoms with Crippen molar-refractivity contribution in [3.8, 4) is 0 Å². The minimum absolute atomic E-state index is 0.315. The lowest BCUT2D eigenvalue weighted by molar-refractivity contribution is 0.175. The molecule has 1 rings (SSSR count). The lowest BCUT2D eigenvalue weighted by Gasteiger charge is -2.16. The predicted octanol–water partition coefficient (Wildman–Crippen LogP) is 0.492. The molecule has 0 radical (unpaired) electrons. The molecule has 0 aromatic carbocycles. The van der Waals surface area contributed by atoms with Crippen molar-refractivity contribution >= 4 is 0 Å². The summed E-state index contributed by atoms with van der Waals surface area (Å²) in [6.45, 7) is 2.04. The quantitative estimate of drug-likeness (QED) is 0.459. The Bertz CT molecular complexity index is 98.6. The molecule has 0 fully saturated rings. The summed E-state index contributed by atoms with van der Waals surface area (Å²) >= 11 is 0. The van der Waals surface area contributed by atoms with Gasteiger partial charge >= 0.3 is 0 Å². The Balaban J connectivity index is 2.55. The molecule has 0 saturated heterocycles. The van der Waals surface area contributed by atoms with Crippen LogP contribution in [0.25, 0.3) is 0 Å². The molecule has 1 aliphatic heterocycles. The maximum Gasteiger partial charge on any atom is 0.134 e. The lowest BCUT2D eigenvalue weighted by Crippen LogP contribution is -2.30. The van der Waals surface area contributed by atoms with Gasteiger partial charge in [-0.25, -0.2) is 0 Å². The summed E-state index contributed by atoms with van der Waals surface area (Å²) in [5, 5.41) is 11.2. The molecule has 0 bridgehead atoms. The molecule has 0 amide bonds.